The number of pyridine rings is 1. The van der Waals surface area contributed by atoms with E-state index in [4.69, 9.17) is 5.73 Å². The van der Waals surface area contributed by atoms with E-state index >= 15 is 0 Å². The maximum atomic E-state index is 11.2. The highest BCUT2D eigenvalue weighted by Crippen LogP contribution is 2.32. The second-order valence-corrected chi connectivity index (χ2v) is 5.10. The van der Waals surface area contributed by atoms with Crippen LogP contribution in [0.4, 0.5) is 5.82 Å². The summed E-state index contributed by atoms with van der Waals surface area (Å²) in [6.45, 7) is 2.98. The first-order valence-electron chi connectivity index (χ1n) is 6.17. The average molecular weight is 263 g/mol. The van der Waals surface area contributed by atoms with Crippen molar-refractivity contribution < 1.29 is 14.7 Å². The Bertz CT molecular complexity index is 508. The molecule has 6 nitrogen and oxygen atoms in total. The van der Waals surface area contributed by atoms with Gasteiger partial charge in [-0.25, -0.2) is 4.98 Å². The van der Waals surface area contributed by atoms with Crippen LogP contribution in [0.15, 0.2) is 18.2 Å². The van der Waals surface area contributed by atoms with Crippen LogP contribution in [0.25, 0.3) is 0 Å². The van der Waals surface area contributed by atoms with Crippen LogP contribution in [0.5, 0.6) is 0 Å². The molecule has 2 heterocycles. The molecule has 1 amide bonds. The number of anilines is 1. The third-order valence-electron chi connectivity index (χ3n) is 3.69. The fourth-order valence-corrected chi connectivity index (χ4v) is 2.18. The van der Waals surface area contributed by atoms with E-state index in [9.17, 15) is 14.7 Å². The quantitative estimate of drug-likeness (QED) is 0.843. The van der Waals surface area contributed by atoms with Crippen LogP contribution in [0.1, 0.15) is 30.3 Å². The van der Waals surface area contributed by atoms with Crippen LogP contribution >= 0.6 is 0 Å². The van der Waals surface area contributed by atoms with E-state index in [1.807, 2.05) is 4.90 Å². The van der Waals surface area contributed by atoms with Crippen molar-refractivity contribution in [2.45, 2.75) is 19.8 Å². The number of nitrogens with two attached hydrogens (primary N) is 1. The first-order chi connectivity index (χ1) is 8.92. The summed E-state index contributed by atoms with van der Waals surface area (Å²) in [7, 11) is 0. The Morgan fingerprint density at radius 3 is 2.53 bits per heavy atom. The molecule has 0 aliphatic carbocycles. The van der Waals surface area contributed by atoms with E-state index in [0.717, 1.165) is 0 Å². The van der Waals surface area contributed by atoms with Gasteiger partial charge in [0.2, 0.25) is 0 Å². The van der Waals surface area contributed by atoms with Gasteiger partial charge in [-0.05, 0) is 31.9 Å². The molecule has 1 aliphatic rings. The first kappa shape index (κ1) is 13.3. The average Bonchev–Trinajstić information content (AvgIpc) is 2.39. The molecule has 0 radical (unpaired) electrons. The number of carboxylic acids is 1. The Balaban J connectivity index is 2.12. The lowest BCUT2D eigenvalue weighted by atomic mass is 9.80. The topological polar surface area (TPSA) is 96.5 Å². The van der Waals surface area contributed by atoms with E-state index < -0.39 is 17.3 Å². The number of carbonyl (C=O) groups excluding carboxylic acids is 1. The minimum absolute atomic E-state index is 0.226. The van der Waals surface area contributed by atoms with Crippen LogP contribution in [0.3, 0.4) is 0 Å². The maximum absolute atomic E-state index is 11.2. The van der Waals surface area contributed by atoms with Crippen molar-refractivity contribution >= 4 is 17.7 Å². The van der Waals surface area contributed by atoms with Crippen molar-refractivity contribution in [1.82, 2.24) is 4.98 Å². The standard InChI is InChI=1S/C13H17N3O3/c1-13(12(18)19)5-7-16(8-6-13)10-4-2-3-9(15-10)11(14)17/h2-4H,5-8H2,1H3,(H2,14,17)(H,18,19). The normalized spacial score (nSPS) is 18.1. The molecule has 19 heavy (non-hydrogen) atoms. The molecule has 0 atom stereocenters. The van der Waals surface area contributed by atoms with Crippen molar-refractivity contribution in [3.8, 4) is 0 Å². The second kappa shape index (κ2) is 4.87. The number of nitrogens with zero attached hydrogens (tertiary/aromatic N) is 2. The molecule has 1 aliphatic heterocycles. The molecule has 0 spiro atoms. The summed E-state index contributed by atoms with van der Waals surface area (Å²) in [6, 6.07) is 5.10. The Morgan fingerprint density at radius 2 is 2.00 bits per heavy atom. The van der Waals surface area contributed by atoms with Gasteiger partial charge in [0.25, 0.3) is 5.91 Å². The summed E-state index contributed by atoms with van der Waals surface area (Å²) in [6.07, 6.45) is 1.12. The van der Waals surface area contributed by atoms with E-state index in [0.29, 0.717) is 31.7 Å². The van der Waals surface area contributed by atoms with Crippen LogP contribution in [-0.2, 0) is 4.79 Å². The highest BCUT2D eigenvalue weighted by atomic mass is 16.4. The monoisotopic (exact) mass is 263 g/mol. The highest BCUT2D eigenvalue weighted by Gasteiger charge is 2.37. The first-order valence-corrected chi connectivity index (χ1v) is 6.17. The Labute approximate surface area is 111 Å². The van der Waals surface area contributed by atoms with Crippen molar-refractivity contribution in [2.75, 3.05) is 18.0 Å². The largest absolute Gasteiger partial charge is 0.481 e. The van der Waals surface area contributed by atoms with Gasteiger partial charge in [0.1, 0.15) is 11.5 Å². The zero-order chi connectivity index (χ0) is 14.0. The number of carboxylic acid groups (broad SMARTS) is 1. The molecule has 0 unspecified atom stereocenters. The molecule has 1 fully saturated rings. The van der Waals surface area contributed by atoms with Crippen molar-refractivity contribution in [2.24, 2.45) is 11.1 Å². The van der Waals surface area contributed by atoms with Crippen molar-refractivity contribution in [3.63, 3.8) is 0 Å². The van der Waals surface area contributed by atoms with Crippen molar-refractivity contribution in [3.05, 3.63) is 23.9 Å². The van der Waals surface area contributed by atoms with Crippen molar-refractivity contribution in [1.29, 1.82) is 0 Å². The zero-order valence-corrected chi connectivity index (χ0v) is 10.8. The molecule has 1 saturated heterocycles. The van der Waals surface area contributed by atoms with Gasteiger partial charge < -0.3 is 15.7 Å². The minimum Gasteiger partial charge on any atom is -0.481 e. The number of hydrogen-bond donors (Lipinski definition) is 2. The van der Waals surface area contributed by atoms with Gasteiger partial charge in [0.05, 0.1) is 5.41 Å². The molecule has 2 rings (SSSR count). The number of carbonyl (C=O) groups is 2. The second-order valence-electron chi connectivity index (χ2n) is 5.10. The number of rotatable bonds is 3. The maximum Gasteiger partial charge on any atom is 0.309 e. The molecule has 1 aromatic heterocycles. The van der Waals surface area contributed by atoms with Crippen LogP contribution in [0, 0.1) is 5.41 Å². The lowest BCUT2D eigenvalue weighted by Gasteiger charge is -2.37. The summed E-state index contributed by atoms with van der Waals surface area (Å²) in [5, 5.41) is 9.18. The summed E-state index contributed by atoms with van der Waals surface area (Å²) < 4.78 is 0. The smallest absolute Gasteiger partial charge is 0.309 e. The van der Waals surface area contributed by atoms with Crippen LogP contribution < -0.4 is 10.6 Å². The van der Waals surface area contributed by atoms with Gasteiger partial charge in [-0.1, -0.05) is 6.07 Å². The lowest BCUT2D eigenvalue weighted by molar-refractivity contribution is -0.149. The Morgan fingerprint density at radius 1 is 1.37 bits per heavy atom. The number of aromatic nitrogens is 1. The fraction of sp³-hybridized carbons (Fsp3) is 0.462. The molecular formula is C13H17N3O3. The molecule has 3 N–H and O–H groups in total. The fourth-order valence-electron chi connectivity index (χ4n) is 2.18. The zero-order valence-electron chi connectivity index (χ0n) is 10.8. The molecule has 0 saturated carbocycles. The molecule has 0 bridgehead atoms. The van der Waals surface area contributed by atoms with Crippen LogP contribution in [0.2, 0.25) is 0 Å². The van der Waals surface area contributed by atoms with E-state index in [1.165, 1.54) is 0 Å². The van der Waals surface area contributed by atoms with E-state index in [1.54, 1.807) is 25.1 Å². The van der Waals surface area contributed by atoms with Crippen LogP contribution in [-0.4, -0.2) is 35.1 Å². The number of amides is 1. The molecule has 6 heteroatoms. The van der Waals surface area contributed by atoms with Gasteiger partial charge in [0.15, 0.2) is 0 Å². The predicted octanol–water partition coefficient (Wildman–Crippen LogP) is 0.872. The van der Waals surface area contributed by atoms with Gasteiger partial charge >= 0.3 is 5.97 Å². The third-order valence-corrected chi connectivity index (χ3v) is 3.69. The molecule has 1 aromatic rings. The number of piperidine rings is 1. The predicted molar refractivity (Wildman–Crippen MR) is 69.9 cm³/mol. The lowest BCUT2D eigenvalue weighted by Crippen LogP contribution is -2.43. The third kappa shape index (κ3) is 2.67. The molecular weight excluding hydrogens is 246 g/mol. The number of primary amides is 1. The molecule has 0 aromatic carbocycles. The number of hydrogen-bond acceptors (Lipinski definition) is 4. The van der Waals surface area contributed by atoms with Gasteiger partial charge in [-0.3, -0.25) is 9.59 Å². The number of aliphatic carboxylic acids is 1. The Kier molecular flexibility index (Phi) is 3.42. The summed E-state index contributed by atoms with van der Waals surface area (Å²) in [4.78, 5) is 28.4. The summed E-state index contributed by atoms with van der Waals surface area (Å²) in [5.41, 5.74) is 4.75. The SMILES string of the molecule is CC1(C(=O)O)CCN(c2cccc(C(N)=O)n2)CC1. The minimum atomic E-state index is -0.758. The van der Waals surface area contributed by atoms with E-state index in [2.05, 4.69) is 4.98 Å². The van der Waals surface area contributed by atoms with Gasteiger partial charge in [-0.2, -0.15) is 0 Å². The van der Waals surface area contributed by atoms with Gasteiger partial charge in [-0.15, -0.1) is 0 Å². The summed E-state index contributed by atoms with van der Waals surface area (Å²) >= 11 is 0. The summed E-state index contributed by atoms with van der Waals surface area (Å²) in [5.74, 6) is -0.649. The Hall–Kier alpha value is -2.11. The van der Waals surface area contributed by atoms with Gasteiger partial charge in [0, 0.05) is 13.1 Å². The highest BCUT2D eigenvalue weighted by molar-refractivity contribution is 5.91. The molecule has 102 valence electrons. The van der Waals surface area contributed by atoms with E-state index in [-0.39, 0.29) is 5.69 Å².